The first-order valence-electron chi connectivity index (χ1n) is 6.41. The lowest BCUT2D eigenvalue weighted by atomic mass is 10.0. The van der Waals surface area contributed by atoms with E-state index in [-0.39, 0.29) is 0 Å². The number of nitrogens with zero attached hydrogens (tertiary/aromatic N) is 4. The summed E-state index contributed by atoms with van der Waals surface area (Å²) in [6.07, 6.45) is 3.57. The Labute approximate surface area is 108 Å². The van der Waals surface area contributed by atoms with E-state index in [1.54, 1.807) is 6.07 Å². The number of aryl methyl sites for hydroxylation is 1. The Morgan fingerprint density at radius 2 is 2.33 bits per heavy atom. The van der Waals surface area contributed by atoms with Gasteiger partial charge in [0, 0.05) is 24.8 Å². The van der Waals surface area contributed by atoms with Gasteiger partial charge in [0.05, 0.1) is 0 Å². The maximum atomic E-state index is 8.98. The van der Waals surface area contributed by atoms with Crippen molar-refractivity contribution in [2.24, 2.45) is 0 Å². The number of hydrogen-bond donors (Lipinski definition) is 1. The molecule has 96 valence electrons. The van der Waals surface area contributed by atoms with Gasteiger partial charge in [0.25, 0.3) is 0 Å². The first-order chi connectivity index (χ1) is 8.74. The van der Waals surface area contributed by atoms with Crippen molar-refractivity contribution in [2.45, 2.75) is 32.2 Å². The molecule has 2 heterocycles. The number of hydrogen-bond acceptors (Lipinski definition) is 5. The lowest BCUT2D eigenvalue weighted by molar-refractivity contribution is 0.439. The average molecular weight is 245 g/mol. The molecule has 0 bridgehead atoms. The molecule has 1 saturated heterocycles. The quantitative estimate of drug-likeness (QED) is 0.867. The maximum absolute atomic E-state index is 8.98. The van der Waals surface area contributed by atoms with Crippen molar-refractivity contribution >= 4 is 5.95 Å². The summed E-state index contributed by atoms with van der Waals surface area (Å²) in [5.41, 5.74) is 1.30. The van der Waals surface area contributed by atoms with Gasteiger partial charge in [-0.2, -0.15) is 5.26 Å². The molecule has 0 aliphatic carbocycles. The number of nitriles is 1. The first-order valence-corrected chi connectivity index (χ1v) is 6.41. The molecule has 1 unspecified atom stereocenters. The Hall–Kier alpha value is -1.67. The highest BCUT2D eigenvalue weighted by atomic mass is 15.3. The molecule has 0 amide bonds. The van der Waals surface area contributed by atoms with Gasteiger partial charge in [0.1, 0.15) is 11.8 Å². The lowest BCUT2D eigenvalue weighted by Gasteiger charge is -2.35. The number of likely N-dealkylation sites (N-methyl/N-ethyl adjacent to an activating group) is 1. The van der Waals surface area contributed by atoms with Crippen LogP contribution in [0.15, 0.2) is 6.07 Å². The summed E-state index contributed by atoms with van der Waals surface area (Å²) in [6, 6.07) is 4.25. The van der Waals surface area contributed by atoms with E-state index in [0.29, 0.717) is 17.7 Å². The zero-order valence-corrected chi connectivity index (χ0v) is 11.0. The Morgan fingerprint density at radius 1 is 1.50 bits per heavy atom. The highest BCUT2D eigenvalue weighted by Gasteiger charge is 2.24. The molecule has 1 aliphatic heterocycles. The zero-order chi connectivity index (χ0) is 13.0. The van der Waals surface area contributed by atoms with Gasteiger partial charge in [-0.25, -0.2) is 9.97 Å². The second-order valence-electron chi connectivity index (χ2n) is 4.71. The van der Waals surface area contributed by atoms with Crippen molar-refractivity contribution in [2.75, 3.05) is 25.0 Å². The summed E-state index contributed by atoms with van der Waals surface area (Å²) < 4.78 is 0. The van der Waals surface area contributed by atoms with Crippen molar-refractivity contribution in [1.82, 2.24) is 15.3 Å². The molecule has 0 radical (unpaired) electrons. The molecule has 18 heavy (non-hydrogen) atoms. The van der Waals surface area contributed by atoms with E-state index in [9.17, 15) is 0 Å². The van der Waals surface area contributed by atoms with Crippen LogP contribution < -0.4 is 10.2 Å². The Bertz CT molecular complexity index is 449. The van der Waals surface area contributed by atoms with Crippen molar-refractivity contribution in [3.05, 3.63) is 17.5 Å². The normalized spacial score (nSPS) is 19.6. The zero-order valence-electron chi connectivity index (χ0n) is 11.0. The van der Waals surface area contributed by atoms with Gasteiger partial charge in [-0.15, -0.1) is 0 Å². The van der Waals surface area contributed by atoms with Crippen LogP contribution in [-0.4, -0.2) is 36.1 Å². The topological polar surface area (TPSA) is 64.8 Å². The molecule has 1 aromatic heterocycles. The molecule has 0 spiro atoms. The molecule has 1 atom stereocenters. The Morgan fingerprint density at radius 3 is 3.06 bits per heavy atom. The summed E-state index contributed by atoms with van der Waals surface area (Å²) in [5.74, 6) is 0.700. The molecule has 0 saturated carbocycles. The van der Waals surface area contributed by atoms with E-state index >= 15 is 0 Å². The summed E-state index contributed by atoms with van der Waals surface area (Å²) in [5, 5.41) is 12.2. The fourth-order valence-electron chi connectivity index (χ4n) is 2.45. The van der Waals surface area contributed by atoms with Gasteiger partial charge in [-0.3, -0.25) is 0 Å². The monoisotopic (exact) mass is 245 g/mol. The Balaban J connectivity index is 2.27. The van der Waals surface area contributed by atoms with Crippen LogP contribution in [0, 0.1) is 18.3 Å². The molecule has 1 fully saturated rings. The summed E-state index contributed by atoms with van der Waals surface area (Å²) in [7, 11) is 1.96. The molecule has 2 rings (SSSR count). The fraction of sp³-hybridized carbons (Fsp3) is 0.615. The van der Waals surface area contributed by atoms with Crippen molar-refractivity contribution in [1.29, 1.82) is 5.26 Å². The van der Waals surface area contributed by atoms with Gasteiger partial charge >= 0.3 is 0 Å². The van der Waals surface area contributed by atoms with Crippen LogP contribution in [-0.2, 0) is 0 Å². The highest BCUT2D eigenvalue weighted by molar-refractivity contribution is 5.37. The van der Waals surface area contributed by atoms with E-state index in [4.69, 9.17) is 5.26 Å². The van der Waals surface area contributed by atoms with Gasteiger partial charge < -0.3 is 10.2 Å². The predicted octanol–water partition coefficient (Wildman–Crippen LogP) is 1.23. The van der Waals surface area contributed by atoms with Crippen LogP contribution in [0.4, 0.5) is 5.95 Å². The van der Waals surface area contributed by atoms with Crippen LogP contribution in [0.25, 0.3) is 0 Å². The van der Waals surface area contributed by atoms with E-state index in [1.165, 1.54) is 12.8 Å². The van der Waals surface area contributed by atoms with E-state index in [1.807, 2.05) is 14.0 Å². The lowest BCUT2D eigenvalue weighted by Crippen LogP contribution is -2.45. The third kappa shape index (κ3) is 2.77. The fourth-order valence-corrected chi connectivity index (χ4v) is 2.45. The third-order valence-corrected chi connectivity index (χ3v) is 3.28. The number of aromatic nitrogens is 2. The minimum Gasteiger partial charge on any atom is -0.337 e. The number of piperidine rings is 1. The molecule has 1 aliphatic rings. The molecule has 5 nitrogen and oxygen atoms in total. The summed E-state index contributed by atoms with van der Waals surface area (Å²) in [6.45, 7) is 3.81. The molecule has 0 aromatic carbocycles. The SMILES string of the molecule is CNCC1CCCCN1c1nc(C)cc(C#N)n1. The molecule has 1 N–H and O–H groups in total. The van der Waals surface area contributed by atoms with Gasteiger partial charge in [0.2, 0.25) is 5.95 Å². The van der Waals surface area contributed by atoms with Gasteiger partial charge in [0.15, 0.2) is 0 Å². The van der Waals surface area contributed by atoms with E-state index in [2.05, 4.69) is 26.3 Å². The maximum Gasteiger partial charge on any atom is 0.227 e. The average Bonchev–Trinajstić information content (AvgIpc) is 2.39. The Kier molecular flexibility index (Phi) is 4.11. The van der Waals surface area contributed by atoms with Crippen LogP contribution in [0.3, 0.4) is 0 Å². The second kappa shape index (κ2) is 5.78. The summed E-state index contributed by atoms with van der Waals surface area (Å²) >= 11 is 0. The molecular weight excluding hydrogens is 226 g/mol. The van der Waals surface area contributed by atoms with Crippen LogP contribution in [0.2, 0.25) is 0 Å². The van der Waals surface area contributed by atoms with Crippen molar-refractivity contribution in [3.63, 3.8) is 0 Å². The smallest absolute Gasteiger partial charge is 0.227 e. The highest BCUT2D eigenvalue weighted by Crippen LogP contribution is 2.21. The minimum absolute atomic E-state index is 0.428. The molecule has 5 heteroatoms. The molecular formula is C13H19N5. The first kappa shape index (κ1) is 12.8. The van der Waals surface area contributed by atoms with Gasteiger partial charge in [-0.05, 0) is 39.3 Å². The number of anilines is 1. The van der Waals surface area contributed by atoms with Crippen LogP contribution in [0.5, 0.6) is 0 Å². The second-order valence-corrected chi connectivity index (χ2v) is 4.71. The standard InChI is InChI=1S/C13H19N5/c1-10-7-11(8-14)17-13(16-10)18-6-4-3-5-12(18)9-15-2/h7,12,15H,3-6,9H2,1-2H3. The third-order valence-electron chi connectivity index (χ3n) is 3.28. The number of rotatable bonds is 3. The van der Waals surface area contributed by atoms with Crippen molar-refractivity contribution < 1.29 is 0 Å². The summed E-state index contributed by atoms with van der Waals surface area (Å²) in [4.78, 5) is 11.0. The minimum atomic E-state index is 0.428. The van der Waals surface area contributed by atoms with Crippen molar-refractivity contribution in [3.8, 4) is 6.07 Å². The largest absolute Gasteiger partial charge is 0.337 e. The van der Waals surface area contributed by atoms with E-state index < -0.39 is 0 Å². The molecule has 1 aromatic rings. The number of nitrogens with one attached hydrogen (secondary N) is 1. The van der Waals surface area contributed by atoms with Gasteiger partial charge in [-0.1, -0.05) is 0 Å². The van der Waals surface area contributed by atoms with Crippen LogP contribution >= 0.6 is 0 Å². The van der Waals surface area contributed by atoms with Crippen LogP contribution in [0.1, 0.15) is 30.7 Å². The van der Waals surface area contributed by atoms with E-state index in [0.717, 1.165) is 25.2 Å². The predicted molar refractivity (Wildman–Crippen MR) is 70.4 cm³/mol.